The van der Waals surface area contributed by atoms with Crippen LogP contribution in [0.1, 0.15) is 11.4 Å². The van der Waals surface area contributed by atoms with E-state index in [4.69, 9.17) is 27.9 Å². The van der Waals surface area contributed by atoms with Gasteiger partial charge < -0.3 is 4.74 Å². The zero-order valence-corrected chi connectivity index (χ0v) is 13.2. The zero-order chi connectivity index (χ0) is 15.0. The molecule has 1 aromatic heterocycles. The fourth-order valence-electron chi connectivity index (χ4n) is 2.46. The fraction of sp³-hybridized carbons (Fsp3) is 0.188. The first-order valence-electron chi connectivity index (χ1n) is 6.52. The van der Waals surface area contributed by atoms with Crippen LogP contribution in [-0.4, -0.2) is 16.7 Å². The van der Waals surface area contributed by atoms with Gasteiger partial charge in [0.1, 0.15) is 11.6 Å². The van der Waals surface area contributed by atoms with E-state index in [1.807, 2.05) is 47.9 Å². The highest BCUT2D eigenvalue weighted by atomic mass is 35.5. The lowest BCUT2D eigenvalue weighted by atomic mass is 10.2. The van der Waals surface area contributed by atoms with Gasteiger partial charge in [-0.25, -0.2) is 4.98 Å². The standard InChI is InChI=1S/C16H14Cl2N2O/c1-10-6-7-14(21-2)13(8-10)20-15(9-17)19-12-5-3-4-11(18)16(12)20/h3-8H,9H2,1-2H3. The first-order chi connectivity index (χ1) is 10.2. The number of benzene rings is 2. The second-order valence-electron chi connectivity index (χ2n) is 4.78. The molecule has 0 N–H and O–H groups in total. The van der Waals surface area contributed by atoms with Crippen molar-refractivity contribution in [2.75, 3.05) is 7.11 Å². The number of fused-ring (bicyclic) bond motifs is 1. The Morgan fingerprint density at radius 3 is 2.76 bits per heavy atom. The van der Waals surface area contributed by atoms with Crippen LogP contribution in [0.5, 0.6) is 5.75 Å². The largest absolute Gasteiger partial charge is 0.495 e. The predicted octanol–water partition coefficient (Wildman–Crippen LogP) is 4.73. The molecule has 21 heavy (non-hydrogen) atoms. The Morgan fingerprint density at radius 1 is 1.24 bits per heavy atom. The van der Waals surface area contributed by atoms with Gasteiger partial charge in [0.15, 0.2) is 0 Å². The highest BCUT2D eigenvalue weighted by Gasteiger charge is 2.17. The summed E-state index contributed by atoms with van der Waals surface area (Å²) < 4.78 is 7.45. The van der Waals surface area contributed by atoms with Crippen LogP contribution in [0.2, 0.25) is 5.02 Å². The lowest BCUT2D eigenvalue weighted by molar-refractivity contribution is 0.413. The third-order valence-corrected chi connectivity index (χ3v) is 3.94. The average Bonchev–Trinajstić information content (AvgIpc) is 2.87. The predicted molar refractivity (Wildman–Crippen MR) is 86.9 cm³/mol. The Labute approximate surface area is 133 Å². The van der Waals surface area contributed by atoms with Crippen LogP contribution >= 0.6 is 23.2 Å². The van der Waals surface area contributed by atoms with E-state index in [0.717, 1.165) is 33.9 Å². The van der Waals surface area contributed by atoms with Crippen molar-refractivity contribution >= 4 is 34.2 Å². The fourth-order valence-corrected chi connectivity index (χ4v) is 2.89. The molecule has 0 aliphatic carbocycles. The third kappa shape index (κ3) is 2.37. The normalized spacial score (nSPS) is 11.0. The summed E-state index contributed by atoms with van der Waals surface area (Å²) in [5.41, 5.74) is 3.68. The summed E-state index contributed by atoms with van der Waals surface area (Å²) in [6.07, 6.45) is 0. The number of aryl methyl sites for hydroxylation is 1. The number of ether oxygens (including phenoxy) is 1. The second kappa shape index (κ2) is 5.58. The molecular formula is C16H14Cl2N2O. The van der Waals surface area contributed by atoms with Crippen LogP contribution < -0.4 is 4.74 Å². The Balaban J connectivity index is 2.41. The highest BCUT2D eigenvalue weighted by molar-refractivity contribution is 6.35. The first-order valence-corrected chi connectivity index (χ1v) is 7.43. The van der Waals surface area contributed by atoms with Crippen molar-refractivity contribution in [1.29, 1.82) is 0 Å². The van der Waals surface area contributed by atoms with Gasteiger partial charge in [0, 0.05) is 0 Å². The Kier molecular flexibility index (Phi) is 3.79. The van der Waals surface area contributed by atoms with E-state index in [-0.39, 0.29) is 0 Å². The minimum Gasteiger partial charge on any atom is -0.495 e. The lowest BCUT2D eigenvalue weighted by Gasteiger charge is -2.14. The molecule has 2 aromatic carbocycles. The van der Waals surface area contributed by atoms with E-state index in [2.05, 4.69) is 4.98 Å². The number of aromatic nitrogens is 2. The Hall–Kier alpha value is -1.71. The summed E-state index contributed by atoms with van der Waals surface area (Å²) >= 11 is 12.4. The van der Waals surface area contributed by atoms with Crippen LogP contribution in [0.25, 0.3) is 16.7 Å². The topological polar surface area (TPSA) is 27.1 Å². The molecule has 0 aliphatic heterocycles. The van der Waals surface area contributed by atoms with Gasteiger partial charge in [-0.3, -0.25) is 4.57 Å². The first kappa shape index (κ1) is 14.2. The summed E-state index contributed by atoms with van der Waals surface area (Å²) in [6.45, 7) is 2.03. The minimum absolute atomic E-state index is 0.294. The average molecular weight is 321 g/mol. The molecule has 0 fully saturated rings. The van der Waals surface area contributed by atoms with Crippen LogP contribution in [0.4, 0.5) is 0 Å². The summed E-state index contributed by atoms with van der Waals surface area (Å²) in [6, 6.07) is 11.6. The molecule has 0 amide bonds. The zero-order valence-electron chi connectivity index (χ0n) is 11.7. The molecule has 1 heterocycles. The smallest absolute Gasteiger partial charge is 0.142 e. The summed E-state index contributed by atoms with van der Waals surface area (Å²) in [7, 11) is 1.65. The van der Waals surface area contributed by atoms with Crippen molar-refractivity contribution in [3.63, 3.8) is 0 Å². The van der Waals surface area contributed by atoms with Gasteiger partial charge in [0.25, 0.3) is 0 Å². The second-order valence-corrected chi connectivity index (χ2v) is 5.45. The van der Waals surface area contributed by atoms with Crippen molar-refractivity contribution in [3.05, 3.63) is 52.8 Å². The monoisotopic (exact) mass is 320 g/mol. The van der Waals surface area contributed by atoms with E-state index < -0.39 is 0 Å². The van der Waals surface area contributed by atoms with Gasteiger partial charge in [-0.1, -0.05) is 23.7 Å². The number of hydrogen-bond donors (Lipinski definition) is 0. The molecule has 0 bridgehead atoms. The number of nitrogens with zero attached hydrogens (tertiary/aromatic N) is 2. The number of methoxy groups -OCH3 is 1. The van der Waals surface area contributed by atoms with E-state index >= 15 is 0 Å². The highest BCUT2D eigenvalue weighted by Crippen LogP contribution is 2.33. The van der Waals surface area contributed by atoms with Gasteiger partial charge in [-0.15, -0.1) is 11.6 Å². The summed E-state index contributed by atoms with van der Waals surface area (Å²) in [5.74, 6) is 1.79. The molecule has 108 valence electrons. The quantitative estimate of drug-likeness (QED) is 0.652. The molecule has 0 radical (unpaired) electrons. The number of hydrogen-bond acceptors (Lipinski definition) is 2. The van der Waals surface area contributed by atoms with Crippen molar-refractivity contribution in [3.8, 4) is 11.4 Å². The number of para-hydroxylation sites is 1. The molecule has 3 aromatic rings. The maximum absolute atomic E-state index is 6.37. The van der Waals surface area contributed by atoms with Gasteiger partial charge >= 0.3 is 0 Å². The molecule has 0 saturated heterocycles. The van der Waals surface area contributed by atoms with Gasteiger partial charge in [0.05, 0.1) is 34.7 Å². The third-order valence-electron chi connectivity index (χ3n) is 3.39. The molecule has 0 aliphatic rings. The maximum atomic E-state index is 6.37. The van der Waals surface area contributed by atoms with Crippen LogP contribution in [0.15, 0.2) is 36.4 Å². The molecule has 3 rings (SSSR count). The summed E-state index contributed by atoms with van der Waals surface area (Å²) in [5, 5.41) is 0.639. The summed E-state index contributed by atoms with van der Waals surface area (Å²) in [4.78, 5) is 4.56. The molecular weight excluding hydrogens is 307 g/mol. The van der Waals surface area contributed by atoms with Crippen LogP contribution in [-0.2, 0) is 5.88 Å². The van der Waals surface area contributed by atoms with E-state index in [1.165, 1.54) is 0 Å². The number of imidazole rings is 1. The molecule has 0 unspecified atom stereocenters. The molecule has 0 spiro atoms. The number of rotatable bonds is 3. The number of halogens is 2. The maximum Gasteiger partial charge on any atom is 0.142 e. The van der Waals surface area contributed by atoms with Crippen LogP contribution in [0, 0.1) is 6.92 Å². The number of alkyl halides is 1. The van der Waals surface area contributed by atoms with E-state index in [1.54, 1.807) is 7.11 Å². The van der Waals surface area contributed by atoms with Gasteiger partial charge in [-0.2, -0.15) is 0 Å². The van der Waals surface area contributed by atoms with Crippen LogP contribution in [0.3, 0.4) is 0 Å². The minimum atomic E-state index is 0.294. The molecule has 5 heteroatoms. The molecule has 3 nitrogen and oxygen atoms in total. The van der Waals surface area contributed by atoms with E-state index in [0.29, 0.717) is 10.9 Å². The Morgan fingerprint density at radius 2 is 2.05 bits per heavy atom. The molecule has 0 saturated carbocycles. The van der Waals surface area contributed by atoms with E-state index in [9.17, 15) is 0 Å². The Bertz CT molecular complexity index is 811. The van der Waals surface area contributed by atoms with Crippen molar-refractivity contribution in [1.82, 2.24) is 9.55 Å². The van der Waals surface area contributed by atoms with Crippen molar-refractivity contribution in [2.45, 2.75) is 12.8 Å². The van der Waals surface area contributed by atoms with Gasteiger partial charge in [-0.05, 0) is 36.8 Å². The SMILES string of the molecule is COc1ccc(C)cc1-n1c(CCl)nc2cccc(Cl)c21. The lowest BCUT2D eigenvalue weighted by Crippen LogP contribution is -2.02. The van der Waals surface area contributed by atoms with Gasteiger partial charge in [0.2, 0.25) is 0 Å². The molecule has 0 atom stereocenters. The van der Waals surface area contributed by atoms with Crippen molar-refractivity contribution in [2.24, 2.45) is 0 Å². The van der Waals surface area contributed by atoms with Crippen molar-refractivity contribution < 1.29 is 4.74 Å².